The van der Waals surface area contributed by atoms with Crippen molar-refractivity contribution < 1.29 is 14.3 Å². The maximum Gasteiger partial charge on any atom is 0.329 e. The van der Waals surface area contributed by atoms with Crippen molar-refractivity contribution in [1.82, 2.24) is 5.32 Å². The summed E-state index contributed by atoms with van der Waals surface area (Å²) in [5.74, 6) is 0.629. The average Bonchev–Trinajstić information content (AvgIpc) is 2.83. The van der Waals surface area contributed by atoms with Crippen molar-refractivity contribution in [3.05, 3.63) is 29.8 Å². The van der Waals surface area contributed by atoms with Gasteiger partial charge in [-0.3, -0.25) is 10.1 Å². The van der Waals surface area contributed by atoms with E-state index in [1.54, 1.807) is 30.0 Å². The van der Waals surface area contributed by atoms with E-state index in [9.17, 15) is 9.59 Å². The second-order valence-electron chi connectivity index (χ2n) is 3.55. The molecule has 1 heterocycles. The van der Waals surface area contributed by atoms with Gasteiger partial charge in [-0.2, -0.15) is 0 Å². The number of thioether (sulfide) groups is 1. The van der Waals surface area contributed by atoms with E-state index in [4.69, 9.17) is 10.5 Å². The van der Waals surface area contributed by atoms with Gasteiger partial charge in [0.1, 0.15) is 11.8 Å². The van der Waals surface area contributed by atoms with Crippen LogP contribution in [0.4, 0.5) is 0 Å². The molecule has 1 fully saturated rings. The molecule has 3 N–H and O–H groups in total. The fourth-order valence-electron chi connectivity index (χ4n) is 1.49. The lowest BCUT2D eigenvalue weighted by Gasteiger charge is -2.11. The van der Waals surface area contributed by atoms with Crippen LogP contribution in [0, 0.1) is 0 Å². The SMILES string of the molecule is NC(=O)c1ccccc1OC(=O)C1CSCN1. The molecule has 1 atom stereocenters. The second-order valence-corrected chi connectivity index (χ2v) is 4.58. The number of carbonyl (C=O) groups is 2. The molecule has 0 aromatic heterocycles. The minimum Gasteiger partial charge on any atom is -0.424 e. The molecule has 5 nitrogen and oxygen atoms in total. The van der Waals surface area contributed by atoms with E-state index in [2.05, 4.69) is 5.32 Å². The number of ether oxygens (including phenoxy) is 1. The molecule has 17 heavy (non-hydrogen) atoms. The minimum atomic E-state index is -0.609. The first-order valence-electron chi connectivity index (χ1n) is 5.10. The van der Waals surface area contributed by atoms with Gasteiger partial charge in [0.05, 0.1) is 5.56 Å². The van der Waals surface area contributed by atoms with Gasteiger partial charge in [-0.15, -0.1) is 11.8 Å². The van der Waals surface area contributed by atoms with Gasteiger partial charge in [-0.05, 0) is 12.1 Å². The van der Waals surface area contributed by atoms with E-state index in [0.717, 1.165) is 5.88 Å². The van der Waals surface area contributed by atoms with E-state index < -0.39 is 5.91 Å². The smallest absolute Gasteiger partial charge is 0.329 e. The third-order valence-corrected chi connectivity index (χ3v) is 3.30. The van der Waals surface area contributed by atoms with E-state index in [0.29, 0.717) is 5.75 Å². The molecule has 1 aromatic carbocycles. The summed E-state index contributed by atoms with van der Waals surface area (Å²) in [6, 6.07) is 6.12. The van der Waals surface area contributed by atoms with Gasteiger partial charge in [0, 0.05) is 11.6 Å². The molecule has 0 radical (unpaired) electrons. The minimum absolute atomic E-state index is 0.212. The van der Waals surface area contributed by atoms with Gasteiger partial charge >= 0.3 is 5.97 Å². The number of primary amides is 1. The van der Waals surface area contributed by atoms with Gasteiger partial charge < -0.3 is 10.5 Å². The fraction of sp³-hybridized carbons (Fsp3) is 0.273. The third-order valence-electron chi connectivity index (χ3n) is 2.36. The highest BCUT2D eigenvalue weighted by atomic mass is 32.2. The lowest BCUT2D eigenvalue weighted by Crippen LogP contribution is -2.36. The number of hydrogen-bond acceptors (Lipinski definition) is 5. The number of esters is 1. The van der Waals surface area contributed by atoms with Gasteiger partial charge in [0.25, 0.3) is 5.91 Å². The van der Waals surface area contributed by atoms with Crippen LogP contribution in [0.5, 0.6) is 5.75 Å². The maximum atomic E-state index is 11.7. The Morgan fingerprint density at radius 3 is 2.82 bits per heavy atom. The predicted molar refractivity (Wildman–Crippen MR) is 64.8 cm³/mol. The summed E-state index contributed by atoms with van der Waals surface area (Å²) in [5.41, 5.74) is 5.41. The lowest BCUT2D eigenvalue weighted by molar-refractivity contribution is -0.135. The first-order valence-corrected chi connectivity index (χ1v) is 6.25. The van der Waals surface area contributed by atoms with Crippen molar-refractivity contribution in [2.45, 2.75) is 6.04 Å². The maximum absolute atomic E-state index is 11.7. The van der Waals surface area contributed by atoms with Crippen LogP contribution < -0.4 is 15.8 Å². The summed E-state index contributed by atoms with van der Waals surface area (Å²) in [6.45, 7) is 0. The molecular formula is C11H12N2O3S. The molecule has 90 valence electrons. The molecule has 1 saturated heterocycles. The van der Waals surface area contributed by atoms with Crippen molar-refractivity contribution in [2.24, 2.45) is 5.73 Å². The van der Waals surface area contributed by atoms with Crippen LogP contribution >= 0.6 is 11.8 Å². The Morgan fingerprint density at radius 2 is 2.18 bits per heavy atom. The Labute approximate surface area is 103 Å². The number of para-hydroxylation sites is 1. The zero-order valence-electron chi connectivity index (χ0n) is 9.01. The van der Waals surface area contributed by atoms with Gasteiger partial charge in [-0.1, -0.05) is 12.1 Å². The number of benzene rings is 1. The molecule has 1 unspecified atom stereocenters. The van der Waals surface area contributed by atoms with Crippen molar-refractivity contribution >= 4 is 23.6 Å². The first-order chi connectivity index (χ1) is 8.18. The molecular weight excluding hydrogens is 240 g/mol. The summed E-state index contributed by atoms with van der Waals surface area (Å²) in [6.07, 6.45) is 0. The quantitative estimate of drug-likeness (QED) is 0.599. The van der Waals surface area contributed by atoms with Crippen molar-refractivity contribution in [2.75, 3.05) is 11.6 Å². The molecule has 6 heteroatoms. The van der Waals surface area contributed by atoms with Crippen LogP contribution in [0.25, 0.3) is 0 Å². The monoisotopic (exact) mass is 252 g/mol. The van der Waals surface area contributed by atoms with Crippen LogP contribution in [-0.4, -0.2) is 29.5 Å². The fourth-order valence-corrected chi connectivity index (χ4v) is 2.41. The number of rotatable bonds is 3. The largest absolute Gasteiger partial charge is 0.424 e. The molecule has 2 rings (SSSR count). The Kier molecular flexibility index (Phi) is 3.65. The molecule has 0 saturated carbocycles. The zero-order valence-corrected chi connectivity index (χ0v) is 9.83. The summed E-state index contributed by atoms with van der Waals surface area (Å²) < 4.78 is 5.18. The van der Waals surface area contributed by atoms with E-state index in [-0.39, 0.29) is 23.3 Å². The number of amides is 1. The van der Waals surface area contributed by atoms with Gasteiger partial charge in [0.15, 0.2) is 0 Å². The van der Waals surface area contributed by atoms with Crippen molar-refractivity contribution in [3.63, 3.8) is 0 Å². The molecule has 0 aliphatic carbocycles. The summed E-state index contributed by atoms with van der Waals surface area (Å²) in [7, 11) is 0. The van der Waals surface area contributed by atoms with Crippen LogP contribution in [0.2, 0.25) is 0 Å². The molecule has 0 spiro atoms. The molecule has 0 bridgehead atoms. The van der Waals surface area contributed by atoms with Gasteiger partial charge in [-0.25, -0.2) is 4.79 Å². The highest BCUT2D eigenvalue weighted by molar-refractivity contribution is 7.99. The lowest BCUT2D eigenvalue weighted by atomic mass is 10.2. The van der Waals surface area contributed by atoms with Crippen molar-refractivity contribution in [1.29, 1.82) is 0 Å². The number of nitrogens with one attached hydrogen (secondary N) is 1. The van der Waals surface area contributed by atoms with E-state index >= 15 is 0 Å². The Morgan fingerprint density at radius 1 is 1.41 bits per heavy atom. The van der Waals surface area contributed by atoms with Gasteiger partial charge in [0.2, 0.25) is 0 Å². The predicted octanol–water partition coefficient (Wildman–Crippen LogP) is 0.353. The number of carbonyl (C=O) groups excluding carboxylic acids is 2. The Hall–Kier alpha value is -1.53. The molecule has 1 aliphatic rings. The van der Waals surface area contributed by atoms with Crippen LogP contribution in [0.3, 0.4) is 0 Å². The summed E-state index contributed by atoms with van der Waals surface area (Å²) in [4.78, 5) is 22.9. The van der Waals surface area contributed by atoms with Crippen LogP contribution in [-0.2, 0) is 4.79 Å². The Balaban J connectivity index is 2.12. The second kappa shape index (κ2) is 5.20. The summed E-state index contributed by atoms with van der Waals surface area (Å²) >= 11 is 1.63. The Bertz CT molecular complexity index is 444. The molecule has 1 aromatic rings. The normalized spacial score (nSPS) is 18.9. The highest BCUT2D eigenvalue weighted by Crippen LogP contribution is 2.19. The van der Waals surface area contributed by atoms with Crippen molar-refractivity contribution in [3.8, 4) is 5.75 Å². The van der Waals surface area contributed by atoms with E-state index in [1.165, 1.54) is 6.07 Å². The average molecular weight is 252 g/mol. The standard InChI is InChI=1S/C11H12N2O3S/c12-10(14)7-3-1-2-4-9(7)16-11(15)8-5-17-6-13-8/h1-4,8,13H,5-6H2,(H2,12,14). The van der Waals surface area contributed by atoms with Crippen LogP contribution in [0.1, 0.15) is 10.4 Å². The molecule has 1 aliphatic heterocycles. The summed E-state index contributed by atoms with van der Waals surface area (Å²) in [5, 5.41) is 3.00. The number of nitrogens with two attached hydrogens (primary N) is 1. The van der Waals surface area contributed by atoms with Crippen LogP contribution in [0.15, 0.2) is 24.3 Å². The molecule has 1 amide bonds. The highest BCUT2D eigenvalue weighted by Gasteiger charge is 2.25. The van der Waals surface area contributed by atoms with E-state index in [1.807, 2.05) is 0 Å². The topological polar surface area (TPSA) is 81.4 Å². The zero-order chi connectivity index (χ0) is 12.3. The third kappa shape index (κ3) is 2.78. The number of hydrogen-bond donors (Lipinski definition) is 2. The first kappa shape index (κ1) is 11.9.